The van der Waals surface area contributed by atoms with Crippen molar-refractivity contribution >= 4 is 36.8 Å². The lowest BCUT2D eigenvalue weighted by molar-refractivity contribution is -0.384. The summed E-state index contributed by atoms with van der Waals surface area (Å²) >= 11 is 4.53. The highest BCUT2D eigenvalue weighted by Crippen LogP contribution is 2.37. The first-order valence-electron chi connectivity index (χ1n) is 9.20. The van der Waals surface area contributed by atoms with Gasteiger partial charge in [-0.15, -0.1) is 0 Å². The van der Waals surface area contributed by atoms with E-state index in [1.165, 1.54) is 35.2 Å². The lowest BCUT2D eigenvalue weighted by atomic mass is 9.91. The van der Waals surface area contributed by atoms with Crippen LogP contribution in [0.4, 0.5) is 10.5 Å². The molecule has 0 spiro atoms. The fourth-order valence-corrected chi connectivity index (χ4v) is 4.09. The summed E-state index contributed by atoms with van der Waals surface area (Å²) in [5.74, 6) is -1.70. The normalized spacial score (nSPS) is 20.2. The lowest BCUT2D eigenvalue weighted by Crippen LogP contribution is -2.46. The molecule has 0 radical (unpaired) electrons. The molecule has 3 atom stereocenters. The van der Waals surface area contributed by atoms with E-state index in [4.69, 9.17) is 4.74 Å². The average molecular weight is 445 g/mol. The molecule has 162 valence electrons. The molecular formula is C20H19N3O7S. The van der Waals surface area contributed by atoms with Crippen LogP contribution in [-0.4, -0.2) is 51.4 Å². The van der Waals surface area contributed by atoms with Gasteiger partial charge in [0.1, 0.15) is 12.8 Å². The topological polar surface area (TPSA) is 139 Å². The second kappa shape index (κ2) is 9.47. The molecule has 11 heteroatoms. The number of aromatic carboxylic acids is 1. The standard InChI is InChI=1S/C20H19N3O7S/c24-11-21-18-17(14-3-1-2-4-15(14)19(25)26)16(31)9-22(18)20(27)30-10-12-5-7-13(8-6-12)23(28)29/h1-8,11,16-18,31H,9-10H2,(H,21,24)(H,25,26)/t16-,17?,18+/m1/s1. The predicted molar refractivity (Wildman–Crippen MR) is 112 cm³/mol. The number of carbonyl (C=O) groups is 3. The number of hydrogen-bond donors (Lipinski definition) is 3. The first-order chi connectivity index (χ1) is 14.8. The van der Waals surface area contributed by atoms with Gasteiger partial charge in [-0.3, -0.25) is 19.8 Å². The summed E-state index contributed by atoms with van der Waals surface area (Å²) in [6.45, 7) is -0.0128. The number of carboxylic acid groups (broad SMARTS) is 1. The van der Waals surface area contributed by atoms with Gasteiger partial charge in [-0.05, 0) is 29.3 Å². The molecule has 10 nitrogen and oxygen atoms in total. The quantitative estimate of drug-likeness (QED) is 0.257. The summed E-state index contributed by atoms with van der Waals surface area (Å²) < 4.78 is 5.31. The highest BCUT2D eigenvalue weighted by molar-refractivity contribution is 7.81. The zero-order valence-electron chi connectivity index (χ0n) is 16.1. The maximum Gasteiger partial charge on any atom is 0.411 e. The van der Waals surface area contributed by atoms with Gasteiger partial charge >= 0.3 is 12.1 Å². The first kappa shape index (κ1) is 22.1. The monoisotopic (exact) mass is 445 g/mol. The Morgan fingerprint density at radius 1 is 1.26 bits per heavy atom. The molecule has 3 rings (SSSR count). The SMILES string of the molecule is O=CN[C@@H]1C(c2ccccc2C(=O)O)[C@H](S)CN1C(=O)OCc1ccc([N+](=O)[O-])cc1. The number of ether oxygens (including phenoxy) is 1. The molecule has 2 aromatic carbocycles. The molecule has 1 fully saturated rings. The van der Waals surface area contributed by atoms with E-state index in [1.54, 1.807) is 18.2 Å². The van der Waals surface area contributed by atoms with E-state index in [1.807, 2.05) is 0 Å². The summed E-state index contributed by atoms with van der Waals surface area (Å²) in [5.41, 5.74) is 0.973. The van der Waals surface area contributed by atoms with Crippen LogP contribution in [0.15, 0.2) is 48.5 Å². The lowest BCUT2D eigenvalue weighted by Gasteiger charge is -2.28. The van der Waals surface area contributed by atoms with Gasteiger partial charge in [0.25, 0.3) is 5.69 Å². The maximum atomic E-state index is 12.7. The van der Waals surface area contributed by atoms with Gasteiger partial charge < -0.3 is 15.2 Å². The fraction of sp³-hybridized carbons (Fsp3) is 0.250. The van der Waals surface area contributed by atoms with Crippen molar-refractivity contribution < 1.29 is 29.2 Å². The summed E-state index contributed by atoms with van der Waals surface area (Å²) in [6, 6.07) is 11.9. The minimum atomic E-state index is -1.12. The first-order valence-corrected chi connectivity index (χ1v) is 9.71. The summed E-state index contributed by atoms with van der Waals surface area (Å²) in [7, 11) is 0. The Hall–Kier alpha value is -3.60. The number of nitrogens with one attached hydrogen (secondary N) is 1. The number of rotatable bonds is 7. The minimum absolute atomic E-state index is 0.0605. The third-order valence-electron chi connectivity index (χ3n) is 5.01. The van der Waals surface area contributed by atoms with Crippen molar-refractivity contribution in [1.82, 2.24) is 10.2 Å². The van der Waals surface area contributed by atoms with Gasteiger partial charge in [0.05, 0.1) is 10.5 Å². The highest BCUT2D eigenvalue weighted by Gasteiger charge is 2.45. The molecule has 1 unspecified atom stereocenters. The number of thiol groups is 1. The number of nitro groups is 1. The molecule has 31 heavy (non-hydrogen) atoms. The van der Waals surface area contributed by atoms with Crippen LogP contribution < -0.4 is 5.32 Å². The summed E-state index contributed by atoms with van der Waals surface area (Å²) in [6.07, 6.45) is -1.15. The number of hydrogen-bond acceptors (Lipinski definition) is 7. The second-order valence-electron chi connectivity index (χ2n) is 6.85. The van der Waals surface area contributed by atoms with Gasteiger partial charge in [0.2, 0.25) is 6.41 Å². The zero-order chi connectivity index (χ0) is 22.5. The molecule has 1 aliphatic heterocycles. The summed E-state index contributed by atoms with van der Waals surface area (Å²) in [5, 5.41) is 22.3. The Balaban J connectivity index is 1.78. The Labute approximate surface area is 182 Å². The molecule has 0 saturated carbocycles. The minimum Gasteiger partial charge on any atom is -0.478 e. The Morgan fingerprint density at radius 3 is 2.55 bits per heavy atom. The molecule has 0 aromatic heterocycles. The van der Waals surface area contributed by atoms with Crippen LogP contribution in [0.3, 0.4) is 0 Å². The number of non-ortho nitro benzene ring substituents is 1. The Kier molecular flexibility index (Phi) is 6.75. The van der Waals surface area contributed by atoms with E-state index in [9.17, 15) is 29.6 Å². The van der Waals surface area contributed by atoms with Crippen LogP contribution in [0, 0.1) is 10.1 Å². The number of nitrogens with zero attached hydrogens (tertiary/aromatic N) is 2. The average Bonchev–Trinajstić information content (AvgIpc) is 3.08. The Morgan fingerprint density at radius 2 is 1.94 bits per heavy atom. The number of likely N-dealkylation sites (tertiary alicyclic amines) is 1. The molecule has 1 aliphatic rings. The van der Waals surface area contributed by atoms with E-state index in [0.717, 1.165) is 0 Å². The van der Waals surface area contributed by atoms with Crippen LogP contribution in [-0.2, 0) is 16.1 Å². The molecule has 0 aliphatic carbocycles. The molecule has 2 aromatic rings. The maximum absolute atomic E-state index is 12.7. The zero-order valence-corrected chi connectivity index (χ0v) is 17.0. The van der Waals surface area contributed by atoms with E-state index >= 15 is 0 Å². The molecular weight excluding hydrogens is 426 g/mol. The number of amides is 2. The largest absolute Gasteiger partial charge is 0.478 e. The number of carboxylic acids is 1. The van der Waals surface area contributed by atoms with Gasteiger partial charge in [-0.2, -0.15) is 12.6 Å². The number of carbonyl (C=O) groups excluding carboxylic acids is 2. The van der Waals surface area contributed by atoms with E-state index in [-0.39, 0.29) is 24.4 Å². The highest BCUT2D eigenvalue weighted by atomic mass is 32.1. The third kappa shape index (κ3) is 4.77. The Bertz CT molecular complexity index is 999. The number of benzene rings is 2. The van der Waals surface area contributed by atoms with Crippen molar-refractivity contribution in [1.29, 1.82) is 0 Å². The number of nitro benzene ring substituents is 1. The van der Waals surface area contributed by atoms with Gasteiger partial charge in [-0.1, -0.05) is 18.2 Å². The van der Waals surface area contributed by atoms with Crippen molar-refractivity contribution in [2.24, 2.45) is 0 Å². The van der Waals surface area contributed by atoms with Crippen molar-refractivity contribution in [3.63, 3.8) is 0 Å². The van der Waals surface area contributed by atoms with Crippen LogP contribution in [0.5, 0.6) is 0 Å². The van der Waals surface area contributed by atoms with E-state index < -0.39 is 34.3 Å². The second-order valence-corrected chi connectivity index (χ2v) is 7.51. The van der Waals surface area contributed by atoms with Crippen LogP contribution >= 0.6 is 12.6 Å². The smallest absolute Gasteiger partial charge is 0.411 e. The predicted octanol–water partition coefficient (Wildman–Crippen LogP) is 2.40. The van der Waals surface area contributed by atoms with E-state index in [2.05, 4.69) is 17.9 Å². The van der Waals surface area contributed by atoms with Crippen LogP contribution in [0.25, 0.3) is 0 Å². The molecule has 1 heterocycles. The van der Waals surface area contributed by atoms with Crippen molar-refractivity contribution in [2.45, 2.75) is 23.9 Å². The van der Waals surface area contributed by atoms with Gasteiger partial charge in [0.15, 0.2) is 0 Å². The fourth-order valence-electron chi connectivity index (χ4n) is 3.59. The van der Waals surface area contributed by atoms with Crippen molar-refractivity contribution in [3.8, 4) is 0 Å². The van der Waals surface area contributed by atoms with E-state index in [0.29, 0.717) is 17.5 Å². The van der Waals surface area contributed by atoms with Crippen LogP contribution in [0.1, 0.15) is 27.4 Å². The molecule has 2 N–H and O–H groups in total. The molecule has 2 amide bonds. The van der Waals surface area contributed by atoms with Gasteiger partial charge in [0, 0.05) is 29.8 Å². The van der Waals surface area contributed by atoms with Gasteiger partial charge in [-0.25, -0.2) is 9.59 Å². The third-order valence-corrected chi connectivity index (χ3v) is 5.49. The van der Waals surface area contributed by atoms with Crippen LogP contribution in [0.2, 0.25) is 0 Å². The van der Waals surface area contributed by atoms with Crippen molar-refractivity contribution in [2.75, 3.05) is 6.54 Å². The molecule has 0 bridgehead atoms. The summed E-state index contributed by atoms with van der Waals surface area (Å²) in [4.78, 5) is 47.0. The molecule has 1 saturated heterocycles. The van der Waals surface area contributed by atoms with Crippen molar-refractivity contribution in [3.05, 3.63) is 75.3 Å².